The topological polar surface area (TPSA) is 52.0 Å². The van der Waals surface area contributed by atoms with E-state index in [-0.39, 0.29) is 5.82 Å². The summed E-state index contributed by atoms with van der Waals surface area (Å²) in [6, 6.07) is 4.30. The molecule has 3 heteroatoms. The van der Waals surface area contributed by atoms with Crippen molar-refractivity contribution in [3.05, 3.63) is 35.7 Å². The van der Waals surface area contributed by atoms with Crippen molar-refractivity contribution in [3.63, 3.8) is 0 Å². The summed E-state index contributed by atoms with van der Waals surface area (Å²) < 4.78 is 12.7. The molecule has 0 aliphatic rings. The zero-order valence-corrected chi connectivity index (χ0v) is 7.33. The predicted molar refractivity (Wildman–Crippen MR) is 53.5 cm³/mol. The maximum atomic E-state index is 12.7. The molecule has 0 amide bonds. The molecule has 0 saturated heterocycles. The van der Waals surface area contributed by atoms with Gasteiger partial charge < -0.3 is 11.5 Å². The Morgan fingerprint density at radius 2 is 2.15 bits per heavy atom. The molecule has 70 valence electrons. The second-order valence-corrected chi connectivity index (χ2v) is 2.75. The maximum absolute atomic E-state index is 12.7. The van der Waals surface area contributed by atoms with Crippen molar-refractivity contribution in [1.82, 2.24) is 0 Å². The van der Waals surface area contributed by atoms with E-state index in [4.69, 9.17) is 11.5 Å². The smallest absolute Gasteiger partial charge is 0.123 e. The molecule has 1 aromatic carbocycles. The fourth-order valence-electron chi connectivity index (χ4n) is 0.996. The molecule has 1 rings (SSSR count). The van der Waals surface area contributed by atoms with Gasteiger partial charge in [0.1, 0.15) is 5.82 Å². The van der Waals surface area contributed by atoms with Gasteiger partial charge in [-0.05, 0) is 36.7 Å². The maximum Gasteiger partial charge on any atom is 0.123 e. The van der Waals surface area contributed by atoms with Gasteiger partial charge in [0, 0.05) is 5.69 Å². The van der Waals surface area contributed by atoms with E-state index in [2.05, 4.69) is 0 Å². The Bertz CT molecular complexity index is 308. The number of hydrogen-bond donors (Lipinski definition) is 2. The first-order chi connectivity index (χ1) is 6.24. The Hall–Kier alpha value is -1.35. The van der Waals surface area contributed by atoms with E-state index in [0.29, 0.717) is 17.8 Å². The van der Waals surface area contributed by atoms with Crippen molar-refractivity contribution in [2.75, 3.05) is 12.3 Å². The third kappa shape index (κ3) is 2.87. The molecule has 0 radical (unpaired) electrons. The summed E-state index contributed by atoms with van der Waals surface area (Å²) in [4.78, 5) is 0. The number of benzene rings is 1. The average molecular weight is 180 g/mol. The number of rotatable bonds is 3. The lowest BCUT2D eigenvalue weighted by Crippen LogP contribution is -1.95. The normalized spacial score (nSPS) is 10.9. The van der Waals surface area contributed by atoms with Gasteiger partial charge in [0.2, 0.25) is 0 Å². The minimum Gasteiger partial charge on any atom is -0.398 e. The van der Waals surface area contributed by atoms with Gasteiger partial charge in [-0.3, -0.25) is 0 Å². The highest BCUT2D eigenvalue weighted by Crippen LogP contribution is 2.14. The van der Waals surface area contributed by atoms with E-state index in [1.54, 1.807) is 12.1 Å². The van der Waals surface area contributed by atoms with Crippen molar-refractivity contribution in [2.24, 2.45) is 5.73 Å². The number of hydrogen-bond acceptors (Lipinski definition) is 2. The molecule has 4 N–H and O–H groups in total. The van der Waals surface area contributed by atoms with Crippen LogP contribution in [0.25, 0.3) is 6.08 Å². The molecule has 0 aliphatic heterocycles. The largest absolute Gasteiger partial charge is 0.398 e. The standard InChI is InChI=1S/C10H13FN2/c11-9-4-5-10(13)8(7-9)3-1-2-6-12/h1,3-5,7H,2,6,12-13H2. The summed E-state index contributed by atoms with van der Waals surface area (Å²) in [6.07, 6.45) is 4.44. The van der Waals surface area contributed by atoms with E-state index < -0.39 is 0 Å². The summed E-state index contributed by atoms with van der Waals surface area (Å²) in [5, 5.41) is 0. The fourth-order valence-corrected chi connectivity index (χ4v) is 0.996. The zero-order valence-electron chi connectivity index (χ0n) is 7.33. The van der Waals surface area contributed by atoms with Crippen LogP contribution >= 0.6 is 0 Å². The molecular formula is C10H13FN2. The molecular weight excluding hydrogens is 167 g/mol. The first kappa shape index (κ1) is 9.74. The van der Waals surface area contributed by atoms with E-state index >= 15 is 0 Å². The van der Waals surface area contributed by atoms with Gasteiger partial charge in [0.05, 0.1) is 0 Å². The highest BCUT2D eigenvalue weighted by atomic mass is 19.1. The molecule has 1 aromatic rings. The third-order valence-corrected chi connectivity index (χ3v) is 1.68. The molecule has 0 heterocycles. The van der Waals surface area contributed by atoms with Gasteiger partial charge >= 0.3 is 0 Å². The van der Waals surface area contributed by atoms with Crippen LogP contribution in [0.15, 0.2) is 24.3 Å². The van der Waals surface area contributed by atoms with Crippen LogP contribution in [0.4, 0.5) is 10.1 Å². The molecule has 0 atom stereocenters. The Morgan fingerprint density at radius 1 is 1.38 bits per heavy atom. The van der Waals surface area contributed by atoms with Gasteiger partial charge in [-0.25, -0.2) is 4.39 Å². The number of nitrogen functional groups attached to an aromatic ring is 1. The minimum absolute atomic E-state index is 0.276. The monoisotopic (exact) mass is 180 g/mol. The van der Waals surface area contributed by atoms with Crippen molar-refractivity contribution < 1.29 is 4.39 Å². The summed E-state index contributed by atoms with van der Waals surface area (Å²) in [7, 11) is 0. The van der Waals surface area contributed by atoms with Crippen LogP contribution in [0.2, 0.25) is 0 Å². The van der Waals surface area contributed by atoms with Gasteiger partial charge in [-0.1, -0.05) is 12.2 Å². The molecule has 0 aromatic heterocycles. The van der Waals surface area contributed by atoms with Crippen LogP contribution < -0.4 is 11.5 Å². The van der Waals surface area contributed by atoms with E-state index in [1.165, 1.54) is 12.1 Å². The second kappa shape index (κ2) is 4.62. The Labute approximate surface area is 77.0 Å². The van der Waals surface area contributed by atoms with Crippen LogP contribution in [0.3, 0.4) is 0 Å². The molecule has 13 heavy (non-hydrogen) atoms. The summed E-state index contributed by atoms with van der Waals surface area (Å²) >= 11 is 0. The molecule has 0 spiro atoms. The second-order valence-electron chi connectivity index (χ2n) is 2.75. The van der Waals surface area contributed by atoms with Crippen LogP contribution in [0, 0.1) is 5.82 Å². The highest BCUT2D eigenvalue weighted by molar-refractivity contribution is 5.64. The van der Waals surface area contributed by atoms with E-state index in [0.717, 1.165) is 6.42 Å². The lowest BCUT2D eigenvalue weighted by molar-refractivity contribution is 0.628. The summed E-state index contributed by atoms with van der Waals surface area (Å²) in [5.74, 6) is -0.276. The first-order valence-corrected chi connectivity index (χ1v) is 4.15. The molecule has 0 fully saturated rings. The van der Waals surface area contributed by atoms with Crippen LogP contribution in [0.1, 0.15) is 12.0 Å². The molecule has 0 aliphatic carbocycles. The number of halogens is 1. The van der Waals surface area contributed by atoms with Crippen molar-refractivity contribution in [3.8, 4) is 0 Å². The van der Waals surface area contributed by atoms with E-state index in [9.17, 15) is 4.39 Å². The lowest BCUT2D eigenvalue weighted by Gasteiger charge is -1.99. The van der Waals surface area contributed by atoms with Crippen LogP contribution in [-0.2, 0) is 0 Å². The first-order valence-electron chi connectivity index (χ1n) is 4.15. The Balaban J connectivity index is 2.81. The molecule has 0 bridgehead atoms. The van der Waals surface area contributed by atoms with Gasteiger partial charge in [-0.15, -0.1) is 0 Å². The predicted octanol–water partition coefficient (Wildman–Crippen LogP) is 1.77. The molecule has 0 unspecified atom stereocenters. The highest BCUT2D eigenvalue weighted by Gasteiger charge is 1.96. The van der Waals surface area contributed by atoms with Crippen molar-refractivity contribution in [1.29, 1.82) is 0 Å². The SMILES string of the molecule is NCCC=Cc1cc(F)ccc1N. The lowest BCUT2D eigenvalue weighted by atomic mass is 10.1. The fraction of sp³-hybridized carbons (Fsp3) is 0.200. The van der Waals surface area contributed by atoms with Crippen molar-refractivity contribution in [2.45, 2.75) is 6.42 Å². The quantitative estimate of drug-likeness (QED) is 0.696. The Morgan fingerprint density at radius 3 is 2.85 bits per heavy atom. The minimum atomic E-state index is -0.276. The summed E-state index contributed by atoms with van der Waals surface area (Å²) in [5.41, 5.74) is 12.2. The summed E-state index contributed by atoms with van der Waals surface area (Å²) in [6.45, 7) is 0.589. The van der Waals surface area contributed by atoms with Gasteiger partial charge in [0.15, 0.2) is 0 Å². The number of nitrogens with two attached hydrogens (primary N) is 2. The van der Waals surface area contributed by atoms with Crippen LogP contribution in [-0.4, -0.2) is 6.54 Å². The van der Waals surface area contributed by atoms with Crippen LogP contribution in [0.5, 0.6) is 0 Å². The van der Waals surface area contributed by atoms with Gasteiger partial charge in [-0.2, -0.15) is 0 Å². The Kier molecular flexibility index (Phi) is 3.46. The van der Waals surface area contributed by atoms with Crippen molar-refractivity contribution >= 4 is 11.8 Å². The van der Waals surface area contributed by atoms with E-state index in [1.807, 2.05) is 6.08 Å². The third-order valence-electron chi connectivity index (χ3n) is 1.68. The molecule has 0 saturated carbocycles. The average Bonchev–Trinajstić information content (AvgIpc) is 2.11. The molecule has 2 nitrogen and oxygen atoms in total. The number of anilines is 1. The van der Waals surface area contributed by atoms with Gasteiger partial charge in [0.25, 0.3) is 0 Å². The zero-order chi connectivity index (χ0) is 9.68.